The molecule has 2 heterocycles. The molecule has 0 atom stereocenters. The van der Waals surface area contributed by atoms with Crippen molar-refractivity contribution in [3.8, 4) is 5.88 Å². The van der Waals surface area contributed by atoms with E-state index in [0.717, 1.165) is 12.1 Å². The molecule has 162 valence electrons. The van der Waals surface area contributed by atoms with Crippen LogP contribution in [0.15, 0.2) is 29.3 Å². The van der Waals surface area contributed by atoms with Gasteiger partial charge in [-0.25, -0.2) is 22.2 Å². The molecule has 0 aliphatic carbocycles. The van der Waals surface area contributed by atoms with E-state index in [1.54, 1.807) is 6.92 Å². The number of ether oxygens (including phenoxy) is 1. The molecule has 2 aromatic rings. The number of pyridine rings is 1. The third kappa shape index (κ3) is 3.89. The van der Waals surface area contributed by atoms with Crippen LogP contribution in [0.5, 0.6) is 5.88 Å². The Kier molecular flexibility index (Phi) is 5.59. The number of nitrogens with zero attached hydrogens (tertiary/aromatic N) is 1. The van der Waals surface area contributed by atoms with Crippen molar-refractivity contribution in [2.75, 3.05) is 11.8 Å². The number of hydrogen-bond acceptors (Lipinski definition) is 6. The van der Waals surface area contributed by atoms with Crippen molar-refractivity contribution in [1.82, 2.24) is 4.98 Å². The third-order valence-corrected chi connectivity index (χ3v) is 6.85. The van der Waals surface area contributed by atoms with Crippen molar-refractivity contribution in [2.24, 2.45) is 0 Å². The lowest BCUT2D eigenvalue weighted by molar-refractivity contribution is 0.00578. The summed E-state index contributed by atoms with van der Waals surface area (Å²) in [5.74, 6) is -2.11. The highest BCUT2D eigenvalue weighted by Gasteiger charge is 2.52. The van der Waals surface area contributed by atoms with E-state index in [4.69, 9.17) is 14.0 Å². The summed E-state index contributed by atoms with van der Waals surface area (Å²) in [5.41, 5.74) is -0.284. The van der Waals surface area contributed by atoms with Gasteiger partial charge in [0.05, 0.1) is 18.3 Å². The summed E-state index contributed by atoms with van der Waals surface area (Å²) in [6.07, 6.45) is 1.48. The first-order chi connectivity index (χ1) is 13.8. The zero-order valence-corrected chi connectivity index (χ0v) is 18.4. The van der Waals surface area contributed by atoms with Gasteiger partial charge in [-0.05, 0) is 52.3 Å². The Morgan fingerprint density at radius 2 is 1.73 bits per heavy atom. The largest absolute Gasteiger partial charge is 0.496 e. The van der Waals surface area contributed by atoms with Gasteiger partial charge in [-0.3, -0.25) is 4.72 Å². The van der Waals surface area contributed by atoms with E-state index in [1.807, 2.05) is 27.7 Å². The molecule has 30 heavy (non-hydrogen) atoms. The topological polar surface area (TPSA) is 86.8 Å². The Balaban J connectivity index is 2.04. The van der Waals surface area contributed by atoms with Crippen molar-refractivity contribution in [3.05, 3.63) is 41.6 Å². The first-order valence-corrected chi connectivity index (χ1v) is 10.6. The summed E-state index contributed by atoms with van der Waals surface area (Å²) >= 11 is 0. The second-order valence-corrected chi connectivity index (χ2v) is 9.64. The van der Waals surface area contributed by atoms with E-state index in [2.05, 4.69) is 9.71 Å². The third-order valence-electron chi connectivity index (χ3n) is 5.46. The van der Waals surface area contributed by atoms with Crippen LogP contribution in [0, 0.1) is 18.6 Å². The number of hydrogen-bond donors (Lipinski definition) is 1. The smallest absolute Gasteiger partial charge is 0.479 e. The van der Waals surface area contributed by atoms with Crippen LogP contribution in [0.2, 0.25) is 0 Å². The van der Waals surface area contributed by atoms with E-state index in [1.165, 1.54) is 13.3 Å². The van der Waals surface area contributed by atoms with E-state index >= 15 is 0 Å². The molecule has 0 saturated carbocycles. The Hall–Kier alpha value is -2.24. The monoisotopic (exact) mass is 440 g/mol. The fraction of sp³-hybridized carbons (Fsp3) is 0.421. The highest BCUT2D eigenvalue weighted by atomic mass is 32.2. The average Bonchev–Trinajstić information content (AvgIpc) is 2.83. The lowest BCUT2D eigenvalue weighted by Gasteiger charge is -2.32. The van der Waals surface area contributed by atoms with Crippen molar-refractivity contribution < 1.29 is 31.2 Å². The second-order valence-electron chi connectivity index (χ2n) is 7.99. The minimum Gasteiger partial charge on any atom is -0.479 e. The van der Waals surface area contributed by atoms with E-state index in [9.17, 15) is 17.2 Å². The van der Waals surface area contributed by atoms with Crippen LogP contribution in [-0.4, -0.2) is 38.8 Å². The fourth-order valence-corrected chi connectivity index (χ4v) is 4.14. The maximum absolute atomic E-state index is 14.1. The van der Waals surface area contributed by atoms with Crippen LogP contribution in [0.4, 0.5) is 14.5 Å². The molecule has 1 aromatic carbocycles. The molecule has 11 heteroatoms. The van der Waals surface area contributed by atoms with Gasteiger partial charge >= 0.3 is 7.12 Å². The molecule has 0 radical (unpaired) electrons. The van der Waals surface area contributed by atoms with Gasteiger partial charge in [-0.2, -0.15) is 0 Å². The quantitative estimate of drug-likeness (QED) is 0.720. The summed E-state index contributed by atoms with van der Waals surface area (Å²) in [6.45, 7) is 9.20. The minimum atomic E-state index is -4.40. The highest BCUT2D eigenvalue weighted by molar-refractivity contribution is 7.92. The predicted octanol–water partition coefficient (Wildman–Crippen LogP) is 2.78. The number of sulfonamides is 1. The lowest BCUT2D eigenvalue weighted by Crippen LogP contribution is -2.41. The Morgan fingerprint density at radius 1 is 1.13 bits per heavy atom. The van der Waals surface area contributed by atoms with Crippen molar-refractivity contribution in [2.45, 2.75) is 50.7 Å². The van der Waals surface area contributed by atoms with Gasteiger partial charge in [-0.15, -0.1) is 0 Å². The molecule has 1 N–H and O–H groups in total. The van der Waals surface area contributed by atoms with Gasteiger partial charge in [0, 0.05) is 17.7 Å². The summed E-state index contributed by atoms with van der Waals surface area (Å²) < 4.78 is 72.3. The molecule has 1 aliphatic heterocycles. The Morgan fingerprint density at radius 3 is 2.27 bits per heavy atom. The number of methoxy groups -OCH3 is 1. The van der Waals surface area contributed by atoms with Crippen LogP contribution in [-0.2, 0) is 19.3 Å². The van der Waals surface area contributed by atoms with E-state index in [0.29, 0.717) is 17.1 Å². The molecule has 0 amide bonds. The van der Waals surface area contributed by atoms with E-state index < -0.39 is 44.9 Å². The molecule has 1 fully saturated rings. The number of anilines is 1. The number of aromatic nitrogens is 1. The van der Waals surface area contributed by atoms with Crippen molar-refractivity contribution in [1.29, 1.82) is 0 Å². The second kappa shape index (κ2) is 7.47. The van der Waals surface area contributed by atoms with Crippen LogP contribution < -0.4 is 14.9 Å². The average molecular weight is 440 g/mol. The van der Waals surface area contributed by atoms with Crippen molar-refractivity contribution in [3.63, 3.8) is 0 Å². The molecule has 0 spiro atoms. The standard InChI is InChI=1S/C19H23BF2N2O5S/c1-11-13(20-28-18(2,3)19(4,5)29-20)10-23-17(27-6)16(11)24-30(25,26)15-8-7-12(21)9-14(15)22/h7-10,24H,1-6H3. The van der Waals surface area contributed by atoms with Gasteiger partial charge in [0.1, 0.15) is 22.2 Å². The molecular formula is C19H23BF2N2O5S. The predicted molar refractivity (Wildman–Crippen MR) is 108 cm³/mol. The summed E-state index contributed by atoms with van der Waals surface area (Å²) in [5, 5.41) is 0. The lowest BCUT2D eigenvalue weighted by atomic mass is 9.77. The number of benzene rings is 1. The van der Waals surface area contributed by atoms with Gasteiger partial charge in [0.15, 0.2) is 0 Å². The normalized spacial score (nSPS) is 17.8. The molecule has 7 nitrogen and oxygen atoms in total. The Bertz CT molecular complexity index is 1080. The number of rotatable bonds is 5. The zero-order valence-electron chi connectivity index (χ0n) is 17.5. The number of nitrogens with one attached hydrogen (secondary N) is 1. The first kappa shape index (κ1) is 22.5. The summed E-state index contributed by atoms with van der Waals surface area (Å²) in [6, 6.07) is 2.21. The van der Waals surface area contributed by atoms with Crippen molar-refractivity contribution >= 4 is 28.3 Å². The van der Waals surface area contributed by atoms with E-state index in [-0.39, 0.29) is 11.6 Å². The van der Waals surface area contributed by atoms with Crippen LogP contribution in [0.1, 0.15) is 33.3 Å². The van der Waals surface area contributed by atoms with Gasteiger partial charge in [-0.1, -0.05) is 0 Å². The maximum atomic E-state index is 14.1. The zero-order chi connectivity index (χ0) is 22.5. The SMILES string of the molecule is COc1ncc(B2OC(C)(C)C(C)(C)O2)c(C)c1NS(=O)(=O)c1ccc(F)cc1F. The molecular weight excluding hydrogens is 417 g/mol. The summed E-state index contributed by atoms with van der Waals surface area (Å²) in [4.78, 5) is 3.45. The molecule has 0 bridgehead atoms. The van der Waals surface area contributed by atoms with Gasteiger partial charge in [0.25, 0.3) is 10.0 Å². The van der Waals surface area contributed by atoms with Crippen LogP contribution >= 0.6 is 0 Å². The summed E-state index contributed by atoms with van der Waals surface area (Å²) in [7, 11) is -3.86. The molecule has 0 unspecified atom stereocenters. The molecule has 1 aliphatic rings. The van der Waals surface area contributed by atoms with Gasteiger partial charge < -0.3 is 14.0 Å². The molecule has 1 saturated heterocycles. The molecule has 1 aromatic heterocycles. The van der Waals surface area contributed by atoms with Crippen LogP contribution in [0.3, 0.4) is 0 Å². The maximum Gasteiger partial charge on any atom is 0.496 e. The Labute approximate surface area is 174 Å². The van der Waals surface area contributed by atoms with Crippen LogP contribution in [0.25, 0.3) is 0 Å². The first-order valence-electron chi connectivity index (χ1n) is 9.16. The highest BCUT2D eigenvalue weighted by Crippen LogP contribution is 2.37. The number of halogens is 2. The fourth-order valence-electron chi connectivity index (χ4n) is 2.96. The minimum absolute atomic E-state index is 0.00781. The van der Waals surface area contributed by atoms with Gasteiger partial charge in [0.2, 0.25) is 5.88 Å². The molecule has 3 rings (SSSR count).